The van der Waals surface area contributed by atoms with Crippen molar-refractivity contribution in [1.82, 2.24) is 9.78 Å². The predicted molar refractivity (Wildman–Crippen MR) is 35.9 cm³/mol. The van der Waals surface area contributed by atoms with Gasteiger partial charge in [0, 0.05) is 12.4 Å². The predicted octanol–water partition coefficient (Wildman–Crippen LogP) is 1.33. The molecule has 1 aromatic rings. The molecule has 0 radical (unpaired) electrons. The average molecular weight is 128 g/mol. The Kier molecular flexibility index (Phi) is 1.58. The molecule has 0 saturated heterocycles. The molecule has 8 heavy (non-hydrogen) atoms. The van der Waals surface area contributed by atoms with Crippen LogP contribution in [0, 0.1) is 0 Å². The van der Waals surface area contributed by atoms with Crippen LogP contribution in [0.25, 0.3) is 0 Å². The third-order valence-corrected chi connectivity index (χ3v) is 1.14. The molecular weight excluding hydrogens is 120 g/mol. The van der Waals surface area contributed by atoms with Gasteiger partial charge in [-0.1, -0.05) is 0 Å². The van der Waals surface area contributed by atoms with Crippen molar-refractivity contribution in [2.75, 3.05) is 0 Å². The van der Waals surface area contributed by atoms with Crippen LogP contribution in [0.5, 0.6) is 0 Å². The second-order valence-electron chi connectivity index (χ2n) is 1.62. The molecule has 0 bridgehead atoms. The molecule has 1 heterocycles. The molecule has 0 aliphatic rings. The van der Waals surface area contributed by atoms with E-state index in [1.807, 2.05) is 19.2 Å². The fourth-order valence-corrected chi connectivity index (χ4v) is 0.638. The van der Waals surface area contributed by atoms with Crippen molar-refractivity contribution in [3.63, 3.8) is 0 Å². The number of hydrogen-bond acceptors (Lipinski definition) is 2. The maximum atomic E-state index is 4.15. The van der Waals surface area contributed by atoms with Crippen LogP contribution >= 0.6 is 12.6 Å². The van der Waals surface area contributed by atoms with E-state index in [1.165, 1.54) is 0 Å². The summed E-state index contributed by atoms with van der Waals surface area (Å²) in [5.41, 5.74) is 0. The lowest BCUT2D eigenvalue weighted by Crippen LogP contribution is -1.96. The first-order chi connectivity index (χ1) is 3.80. The Morgan fingerprint density at radius 1 is 1.75 bits per heavy atom. The van der Waals surface area contributed by atoms with E-state index >= 15 is 0 Å². The van der Waals surface area contributed by atoms with Crippen molar-refractivity contribution in [3.05, 3.63) is 18.5 Å². The van der Waals surface area contributed by atoms with Gasteiger partial charge in [0.1, 0.15) is 0 Å². The third-order valence-electron chi connectivity index (χ3n) is 0.908. The molecule has 0 aliphatic carbocycles. The van der Waals surface area contributed by atoms with Gasteiger partial charge < -0.3 is 0 Å². The molecule has 1 rings (SSSR count). The summed E-state index contributed by atoms with van der Waals surface area (Å²) in [5, 5.41) is 4.14. The molecule has 0 aliphatic heterocycles. The van der Waals surface area contributed by atoms with E-state index in [0.717, 1.165) is 0 Å². The first-order valence-electron chi connectivity index (χ1n) is 2.48. The summed E-state index contributed by atoms with van der Waals surface area (Å²) in [6, 6.07) is 1.88. The van der Waals surface area contributed by atoms with Crippen molar-refractivity contribution in [1.29, 1.82) is 0 Å². The summed E-state index contributed by atoms with van der Waals surface area (Å²) in [4.78, 5) is 0. The van der Waals surface area contributed by atoms with E-state index in [0.29, 0.717) is 0 Å². The van der Waals surface area contributed by atoms with Crippen LogP contribution in [0.3, 0.4) is 0 Å². The molecular formula is C5H8N2S. The molecule has 2 nitrogen and oxygen atoms in total. The SMILES string of the molecule is CC(S)n1cccn1. The van der Waals surface area contributed by atoms with E-state index in [4.69, 9.17) is 0 Å². The zero-order chi connectivity index (χ0) is 5.98. The third kappa shape index (κ3) is 1.04. The van der Waals surface area contributed by atoms with Crippen LogP contribution < -0.4 is 0 Å². The fourth-order valence-electron chi connectivity index (χ4n) is 0.502. The number of rotatable bonds is 1. The quantitative estimate of drug-likeness (QED) is 0.565. The fraction of sp³-hybridized carbons (Fsp3) is 0.400. The first-order valence-corrected chi connectivity index (χ1v) is 2.99. The molecule has 0 amide bonds. The van der Waals surface area contributed by atoms with Gasteiger partial charge in [-0.3, -0.25) is 4.68 Å². The van der Waals surface area contributed by atoms with Gasteiger partial charge in [-0.2, -0.15) is 17.7 Å². The molecule has 1 atom stereocenters. The highest BCUT2D eigenvalue weighted by molar-refractivity contribution is 7.80. The largest absolute Gasteiger partial charge is 0.260 e. The number of nitrogens with zero attached hydrogens (tertiary/aromatic N) is 2. The second-order valence-corrected chi connectivity index (χ2v) is 2.37. The molecule has 0 N–H and O–H groups in total. The van der Waals surface area contributed by atoms with Gasteiger partial charge in [-0.25, -0.2) is 0 Å². The van der Waals surface area contributed by atoms with Gasteiger partial charge in [0.2, 0.25) is 0 Å². The Balaban J connectivity index is 2.77. The smallest absolute Gasteiger partial charge is 0.0914 e. The summed E-state index contributed by atoms with van der Waals surface area (Å²) in [6.07, 6.45) is 3.63. The Morgan fingerprint density at radius 3 is 2.75 bits per heavy atom. The molecule has 3 heteroatoms. The highest BCUT2D eigenvalue weighted by atomic mass is 32.1. The number of aromatic nitrogens is 2. The molecule has 0 spiro atoms. The van der Waals surface area contributed by atoms with E-state index in [9.17, 15) is 0 Å². The van der Waals surface area contributed by atoms with Crippen LogP contribution in [-0.4, -0.2) is 9.78 Å². The molecule has 0 aromatic carbocycles. The zero-order valence-electron chi connectivity index (χ0n) is 4.65. The summed E-state index contributed by atoms with van der Waals surface area (Å²) < 4.78 is 1.78. The van der Waals surface area contributed by atoms with Crippen molar-refractivity contribution < 1.29 is 0 Å². The van der Waals surface area contributed by atoms with Crippen LogP contribution in [0.2, 0.25) is 0 Å². The lowest BCUT2D eigenvalue weighted by molar-refractivity contribution is 0.646. The number of thiol groups is 1. The van der Waals surface area contributed by atoms with E-state index in [2.05, 4.69) is 17.7 Å². The topological polar surface area (TPSA) is 17.8 Å². The van der Waals surface area contributed by atoms with Crippen molar-refractivity contribution in [2.24, 2.45) is 0 Å². The van der Waals surface area contributed by atoms with Gasteiger partial charge in [-0.15, -0.1) is 0 Å². The zero-order valence-corrected chi connectivity index (χ0v) is 5.55. The first kappa shape index (κ1) is 5.69. The summed E-state index contributed by atoms with van der Waals surface area (Å²) in [7, 11) is 0. The minimum atomic E-state index is 0.185. The van der Waals surface area contributed by atoms with Gasteiger partial charge in [0.05, 0.1) is 5.37 Å². The molecule has 0 saturated carbocycles. The van der Waals surface area contributed by atoms with E-state index in [-0.39, 0.29) is 5.37 Å². The Morgan fingerprint density at radius 2 is 2.50 bits per heavy atom. The van der Waals surface area contributed by atoms with Crippen molar-refractivity contribution >= 4 is 12.6 Å². The highest BCUT2D eigenvalue weighted by Crippen LogP contribution is 2.05. The monoisotopic (exact) mass is 128 g/mol. The highest BCUT2D eigenvalue weighted by Gasteiger charge is 1.92. The lowest BCUT2D eigenvalue weighted by Gasteiger charge is -2.00. The average Bonchev–Trinajstić information content (AvgIpc) is 2.12. The molecule has 1 aromatic heterocycles. The summed E-state index contributed by atoms with van der Waals surface area (Å²) >= 11 is 4.15. The Hall–Kier alpha value is -0.440. The van der Waals surface area contributed by atoms with Crippen LogP contribution in [0.4, 0.5) is 0 Å². The normalized spacial score (nSPS) is 13.8. The van der Waals surface area contributed by atoms with Crippen LogP contribution in [0.1, 0.15) is 12.3 Å². The minimum Gasteiger partial charge on any atom is -0.260 e. The lowest BCUT2D eigenvalue weighted by atomic mass is 10.7. The number of hydrogen-bond donors (Lipinski definition) is 1. The van der Waals surface area contributed by atoms with Crippen LogP contribution in [0.15, 0.2) is 18.5 Å². The maximum absolute atomic E-state index is 4.15. The molecule has 44 valence electrons. The summed E-state index contributed by atoms with van der Waals surface area (Å²) in [5.74, 6) is 0. The van der Waals surface area contributed by atoms with Gasteiger partial charge in [0.25, 0.3) is 0 Å². The van der Waals surface area contributed by atoms with Crippen LogP contribution in [-0.2, 0) is 0 Å². The molecule has 1 unspecified atom stereocenters. The van der Waals surface area contributed by atoms with Crippen molar-refractivity contribution in [3.8, 4) is 0 Å². The minimum absolute atomic E-state index is 0.185. The summed E-state index contributed by atoms with van der Waals surface area (Å²) in [6.45, 7) is 1.97. The van der Waals surface area contributed by atoms with Gasteiger partial charge in [-0.05, 0) is 13.0 Å². The second kappa shape index (κ2) is 2.22. The standard InChI is InChI=1S/C5H8N2S/c1-5(8)7-4-2-3-6-7/h2-5,8H,1H3. The van der Waals surface area contributed by atoms with Gasteiger partial charge in [0.15, 0.2) is 0 Å². The van der Waals surface area contributed by atoms with E-state index in [1.54, 1.807) is 10.9 Å². The Labute approximate surface area is 53.9 Å². The van der Waals surface area contributed by atoms with E-state index < -0.39 is 0 Å². The Bertz CT molecular complexity index is 145. The maximum Gasteiger partial charge on any atom is 0.0914 e. The molecule has 0 fully saturated rings. The van der Waals surface area contributed by atoms with Crippen molar-refractivity contribution in [2.45, 2.75) is 12.3 Å². The van der Waals surface area contributed by atoms with Gasteiger partial charge >= 0.3 is 0 Å².